The smallest absolute Gasteiger partial charge is 0.243 e. The van der Waals surface area contributed by atoms with Crippen LogP contribution in [0.2, 0.25) is 0 Å². The Hall–Kier alpha value is -2.32. The molecule has 11 heteroatoms. The number of carbonyl (C=O) groups is 3. The maximum absolute atomic E-state index is 14.3. The lowest BCUT2D eigenvalue weighted by Gasteiger charge is -2.30. The van der Waals surface area contributed by atoms with Crippen LogP contribution in [0.4, 0.5) is 8.78 Å². The molecule has 1 heterocycles. The van der Waals surface area contributed by atoms with E-state index in [0.29, 0.717) is 32.2 Å². The van der Waals surface area contributed by atoms with E-state index in [1.54, 1.807) is 0 Å². The van der Waals surface area contributed by atoms with Gasteiger partial charge in [-0.2, -0.15) is 0 Å². The fraction of sp³-hybridized carbons (Fsp3) is 0.640. The summed E-state index contributed by atoms with van der Waals surface area (Å²) in [6.45, 7) is 2.20. The van der Waals surface area contributed by atoms with E-state index in [9.17, 15) is 32.6 Å². The lowest BCUT2D eigenvalue weighted by Crippen LogP contribution is -2.51. The molecule has 8 nitrogen and oxygen atoms in total. The molecule has 200 valence electrons. The first-order chi connectivity index (χ1) is 17.2. The van der Waals surface area contributed by atoms with Crippen molar-refractivity contribution in [3.8, 4) is 0 Å². The summed E-state index contributed by atoms with van der Waals surface area (Å²) >= 11 is 0. The van der Waals surface area contributed by atoms with Crippen LogP contribution >= 0.6 is 7.37 Å². The number of carbonyl (C=O) groups excluding carboxylic acids is 3. The normalized spacial score (nSPS) is 24.7. The molecule has 36 heavy (non-hydrogen) atoms. The van der Waals surface area contributed by atoms with Crippen LogP contribution in [-0.4, -0.2) is 52.4 Å². The number of amides is 3. The highest BCUT2D eigenvalue weighted by atomic mass is 31.2. The summed E-state index contributed by atoms with van der Waals surface area (Å²) in [5, 5.41) is 3.58. The van der Waals surface area contributed by atoms with Gasteiger partial charge >= 0.3 is 0 Å². The Morgan fingerprint density at radius 2 is 1.92 bits per heavy atom. The largest absolute Gasteiger partial charge is 0.350 e. The summed E-state index contributed by atoms with van der Waals surface area (Å²) in [4.78, 5) is 48.8. The molecule has 0 bridgehead atoms. The fourth-order valence-corrected chi connectivity index (χ4v) is 7.73. The van der Waals surface area contributed by atoms with Gasteiger partial charge in [-0.15, -0.1) is 0 Å². The van der Waals surface area contributed by atoms with Gasteiger partial charge in [-0.3, -0.25) is 18.9 Å². The number of hydrogen-bond donors (Lipinski definition) is 3. The highest BCUT2D eigenvalue weighted by Crippen LogP contribution is 2.71. The van der Waals surface area contributed by atoms with Gasteiger partial charge in [0.05, 0.1) is 12.7 Å². The Balaban J connectivity index is 1.78. The summed E-state index contributed by atoms with van der Waals surface area (Å²) in [7, 11) is -4.31. The predicted octanol–water partition coefficient (Wildman–Crippen LogP) is 3.67. The summed E-state index contributed by atoms with van der Waals surface area (Å²) < 4.78 is 42.3. The van der Waals surface area contributed by atoms with E-state index < -0.39 is 53.9 Å². The standard InChI is InChI=1S/C25H36F2N3O5P/c1-2-3-4-5-6-9-18-14-25(18,36(34,35)16-19-20(26)10-7-11-21(19)27)29-24(33)22-12-8-13-30(22)23(32)15-28-17-31/h7,10-11,17-18,22H,2-6,8-9,12-16H2,1H3,(H,28,31)(H,29,33)(H,34,35)/t18-,22+,25+/m1/s1. The second kappa shape index (κ2) is 12.3. The quantitative estimate of drug-likeness (QED) is 0.194. The molecule has 1 saturated heterocycles. The molecule has 0 aromatic heterocycles. The zero-order valence-electron chi connectivity index (χ0n) is 20.7. The fourth-order valence-electron chi connectivity index (χ4n) is 5.22. The lowest BCUT2D eigenvalue weighted by molar-refractivity contribution is -0.138. The molecule has 1 unspecified atom stereocenters. The van der Waals surface area contributed by atoms with E-state index in [2.05, 4.69) is 17.6 Å². The van der Waals surface area contributed by atoms with Crippen LogP contribution in [0.3, 0.4) is 0 Å². The molecule has 0 radical (unpaired) electrons. The summed E-state index contributed by atoms with van der Waals surface area (Å²) in [5.41, 5.74) is -0.469. The number of nitrogens with zero attached hydrogens (tertiary/aromatic N) is 1. The van der Waals surface area contributed by atoms with Gasteiger partial charge in [-0.25, -0.2) is 8.78 Å². The van der Waals surface area contributed by atoms with Crippen LogP contribution in [0.15, 0.2) is 18.2 Å². The maximum Gasteiger partial charge on any atom is 0.243 e. The summed E-state index contributed by atoms with van der Waals surface area (Å²) in [6, 6.07) is 2.43. The third-order valence-electron chi connectivity index (χ3n) is 7.34. The number of nitrogens with one attached hydrogen (secondary N) is 2. The van der Waals surface area contributed by atoms with Crippen molar-refractivity contribution in [1.82, 2.24) is 15.5 Å². The number of unbranched alkanes of at least 4 members (excludes halogenated alkanes) is 4. The third-order valence-corrected chi connectivity index (χ3v) is 9.99. The number of halogens is 2. The van der Waals surface area contributed by atoms with Crippen molar-refractivity contribution in [2.45, 2.75) is 82.2 Å². The van der Waals surface area contributed by atoms with E-state index in [0.717, 1.165) is 44.2 Å². The van der Waals surface area contributed by atoms with Crippen LogP contribution in [0, 0.1) is 17.6 Å². The van der Waals surface area contributed by atoms with Gasteiger partial charge in [0.25, 0.3) is 0 Å². The van der Waals surface area contributed by atoms with Crippen molar-refractivity contribution in [1.29, 1.82) is 0 Å². The molecule has 2 aliphatic rings. The average Bonchev–Trinajstić information content (AvgIpc) is 3.31. The molecule has 1 aliphatic heterocycles. The van der Waals surface area contributed by atoms with Crippen LogP contribution in [0.1, 0.15) is 70.3 Å². The number of rotatable bonds is 14. The Bertz CT molecular complexity index is 990. The summed E-state index contributed by atoms with van der Waals surface area (Å²) in [6.07, 6.45) is 6.51. The van der Waals surface area contributed by atoms with Gasteiger partial charge in [0.1, 0.15) is 23.0 Å². The Morgan fingerprint density at radius 1 is 1.22 bits per heavy atom. The molecule has 1 aromatic carbocycles. The van der Waals surface area contributed by atoms with Crippen molar-refractivity contribution < 1.29 is 32.6 Å². The van der Waals surface area contributed by atoms with E-state index in [4.69, 9.17) is 0 Å². The Kier molecular flexibility index (Phi) is 9.64. The van der Waals surface area contributed by atoms with Gasteiger partial charge in [0.15, 0.2) is 0 Å². The zero-order valence-corrected chi connectivity index (χ0v) is 21.6. The van der Waals surface area contributed by atoms with E-state index in [-0.39, 0.29) is 18.9 Å². The molecular weight excluding hydrogens is 491 g/mol. The van der Waals surface area contributed by atoms with Gasteiger partial charge < -0.3 is 20.4 Å². The zero-order chi connectivity index (χ0) is 26.3. The first-order valence-corrected chi connectivity index (χ1v) is 14.5. The minimum absolute atomic E-state index is 0.240. The average molecular weight is 528 g/mol. The molecule has 0 spiro atoms. The third kappa shape index (κ3) is 6.32. The number of benzene rings is 1. The van der Waals surface area contributed by atoms with Crippen molar-refractivity contribution in [2.24, 2.45) is 5.92 Å². The van der Waals surface area contributed by atoms with E-state index in [1.807, 2.05) is 0 Å². The monoisotopic (exact) mass is 527 g/mol. The van der Waals surface area contributed by atoms with E-state index >= 15 is 0 Å². The minimum Gasteiger partial charge on any atom is -0.350 e. The topological polar surface area (TPSA) is 116 Å². The second-order valence-electron chi connectivity index (χ2n) is 9.82. The van der Waals surface area contributed by atoms with Gasteiger partial charge in [-0.05, 0) is 43.7 Å². The second-order valence-corrected chi connectivity index (χ2v) is 12.3. The van der Waals surface area contributed by atoms with Crippen LogP contribution in [-0.2, 0) is 25.1 Å². The van der Waals surface area contributed by atoms with Crippen molar-refractivity contribution in [2.75, 3.05) is 13.1 Å². The van der Waals surface area contributed by atoms with Gasteiger partial charge in [0, 0.05) is 12.1 Å². The summed E-state index contributed by atoms with van der Waals surface area (Å²) in [5.74, 6) is -3.08. The molecule has 2 fully saturated rings. The van der Waals surface area contributed by atoms with Gasteiger partial charge in [0.2, 0.25) is 25.6 Å². The Morgan fingerprint density at radius 3 is 2.58 bits per heavy atom. The molecule has 1 aliphatic carbocycles. The van der Waals surface area contributed by atoms with Crippen molar-refractivity contribution in [3.63, 3.8) is 0 Å². The Labute approximate surface area is 210 Å². The highest BCUT2D eigenvalue weighted by Gasteiger charge is 2.66. The highest BCUT2D eigenvalue weighted by molar-refractivity contribution is 7.59. The van der Waals surface area contributed by atoms with Gasteiger partial charge in [-0.1, -0.05) is 45.1 Å². The molecule has 4 atom stereocenters. The van der Waals surface area contributed by atoms with Crippen molar-refractivity contribution in [3.05, 3.63) is 35.4 Å². The first-order valence-electron chi connectivity index (χ1n) is 12.7. The molecule has 1 saturated carbocycles. The van der Waals surface area contributed by atoms with Crippen LogP contribution in [0.25, 0.3) is 0 Å². The van der Waals surface area contributed by atoms with Crippen LogP contribution < -0.4 is 10.6 Å². The number of hydrogen-bond acceptors (Lipinski definition) is 4. The SMILES string of the molecule is CCCCCCC[C@@H]1C[C@]1(NC(=O)[C@@H]1CCCN1C(=O)CNC=O)P(=O)(O)Cc1c(F)cccc1F. The minimum atomic E-state index is -4.31. The van der Waals surface area contributed by atoms with Crippen molar-refractivity contribution >= 4 is 25.6 Å². The molecular formula is C25H36F2N3O5P. The predicted molar refractivity (Wildman–Crippen MR) is 131 cm³/mol. The maximum atomic E-state index is 14.3. The number of likely N-dealkylation sites (tertiary alicyclic amines) is 1. The lowest BCUT2D eigenvalue weighted by atomic mass is 10.1. The van der Waals surface area contributed by atoms with Crippen LogP contribution in [0.5, 0.6) is 0 Å². The molecule has 1 aromatic rings. The first kappa shape index (κ1) is 28.3. The molecule has 3 amide bonds. The molecule has 3 rings (SSSR count). The molecule has 3 N–H and O–H groups in total. The van der Waals surface area contributed by atoms with E-state index in [1.165, 1.54) is 11.0 Å².